The maximum Gasteiger partial charge on any atom is 0.223 e. The van der Waals surface area contributed by atoms with Crippen molar-refractivity contribution in [2.24, 2.45) is 0 Å². The maximum absolute atomic E-state index is 13.9. The van der Waals surface area contributed by atoms with Gasteiger partial charge in [-0.05, 0) is 64.4 Å². The van der Waals surface area contributed by atoms with Gasteiger partial charge in [0.25, 0.3) is 0 Å². The minimum absolute atomic E-state index is 0.0601. The van der Waals surface area contributed by atoms with E-state index >= 15 is 0 Å². The summed E-state index contributed by atoms with van der Waals surface area (Å²) in [6.45, 7) is 11.6. The van der Waals surface area contributed by atoms with Gasteiger partial charge in [-0.2, -0.15) is 0 Å². The zero-order valence-corrected chi connectivity index (χ0v) is 35.0. The van der Waals surface area contributed by atoms with E-state index in [2.05, 4.69) is 44.5 Å². The SMILES string of the molecule is CC(C)(C)[Si](C)(C)OC(C[C@@H](CC(=O)N[C@H]1c2ccccc2C[C@H]1O)OCc1ccccc1)C[C@@H](CC(=O)N[C@H]1c2ccccc2C[C@H]1O)OCc1ccccc1. The lowest BCUT2D eigenvalue weighted by Gasteiger charge is -2.41. The number of aliphatic hydroxyl groups is 2. The molecule has 57 heavy (non-hydrogen) atoms. The Bertz CT molecular complexity index is 1790. The largest absolute Gasteiger partial charge is 0.414 e. The third kappa shape index (κ3) is 11.5. The van der Waals surface area contributed by atoms with Crippen molar-refractivity contribution in [2.75, 3.05) is 0 Å². The molecule has 10 heteroatoms. The molecule has 0 unspecified atom stereocenters. The van der Waals surface area contributed by atoms with Gasteiger partial charge in [-0.1, -0.05) is 130 Å². The molecule has 6 rings (SSSR count). The van der Waals surface area contributed by atoms with E-state index in [9.17, 15) is 19.8 Å². The molecule has 0 aliphatic heterocycles. The van der Waals surface area contributed by atoms with Gasteiger partial charge in [-0.3, -0.25) is 9.59 Å². The molecule has 0 saturated carbocycles. The van der Waals surface area contributed by atoms with Crippen molar-refractivity contribution < 1.29 is 33.7 Å². The highest BCUT2D eigenvalue weighted by Crippen LogP contribution is 2.39. The summed E-state index contributed by atoms with van der Waals surface area (Å²) in [5.74, 6) is -0.432. The van der Waals surface area contributed by atoms with Crippen LogP contribution in [0.3, 0.4) is 0 Å². The molecule has 6 atom stereocenters. The fraction of sp³-hybridized carbons (Fsp3) is 0.447. The molecule has 0 saturated heterocycles. The van der Waals surface area contributed by atoms with Crippen molar-refractivity contribution in [2.45, 2.75) is 133 Å². The van der Waals surface area contributed by atoms with E-state index in [0.717, 1.165) is 33.4 Å². The Morgan fingerprint density at radius 3 is 1.42 bits per heavy atom. The van der Waals surface area contributed by atoms with Crippen LogP contribution in [0.25, 0.3) is 0 Å². The number of aliphatic hydroxyl groups excluding tert-OH is 2. The number of carbonyl (C=O) groups is 2. The second-order valence-corrected chi connectivity index (χ2v) is 22.0. The van der Waals surface area contributed by atoms with Crippen LogP contribution < -0.4 is 10.6 Å². The van der Waals surface area contributed by atoms with Gasteiger partial charge in [-0.25, -0.2) is 0 Å². The van der Waals surface area contributed by atoms with E-state index in [1.54, 1.807) is 0 Å². The smallest absolute Gasteiger partial charge is 0.223 e. The summed E-state index contributed by atoms with van der Waals surface area (Å²) in [6, 6.07) is 34.4. The number of amides is 2. The summed E-state index contributed by atoms with van der Waals surface area (Å²) in [7, 11) is -2.39. The van der Waals surface area contributed by atoms with Crippen LogP contribution in [0.4, 0.5) is 0 Å². The molecule has 0 aromatic heterocycles. The lowest BCUT2D eigenvalue weighted by atomic mass is 10.00. The summed E-state index contributed by atoms with van der Waals surface area (Å²) in [4.78, 5) is 27.8. The first-order valence-corrected chi connectivity index (χ1v) is 23.3. The molecule has 4 N–H and O–H groups in total. The van der Waals surface area contributed by atoms with Crippen LogP contribution in [-0.2, 0) is 49.5 Å². The first kappa shape index (κ1) is 42.4. The number of nitrogens with one attached hydrogen (secondary N) is 2. The molecule has 2 aliphatic carbocycles. The fourth-order valence-corrected chi connectivity index (χ4v) is 9.12. The Hall–Kier alpha value is -4.16. The molecule has 0 bridgehead atoms. The van der Waals surface area contributed by atoms with Gasteiger partial charge >= 0.3 is 0 Å². The predicted molar refractivity (Wildman–Crippen MR) is 225 cm³/mol. The van der Waals surface area contributed by atoms with Gasteiger partial charge < -0.3 is 34.7 Å². The van der Waals surface area contributed by atoms with Crippen LogP contribution in [0, 0.1) is 0 Å². The number of hydrogen-bond donors (Lipinski definition) is 4. The predicted octanol–water partition coefficient (Wildman–Crippen LogP) is 7.66. The zero-order valence-electron chi connectivity index (χ0n) is 34.0. The summed E-state index contributed by atoms with van der Waals surface area (Å²) in [5, 5.41) is 28.0. The highest BCUT2D eigenvalue weighted by atomic mass is 28.4. The van der Waals surface area contributed by atoms with Gasteiger partial charge in [-0.15, -0.1) is 0 Å². The molecule has 0 fully saturated rings. The maximum atomic E-state index is 13.9. The average Bonchev–Trinajstić information content (AvgIpc) is 3.66. The molecule has 2 aliphatic rings. The molecule has 0 radical (unpaired) electrons. The quantitative estimate of drug-likeness (QED) is 0.0763. The van der Waals surface area contributed by atoms with E-state index < -0.39 is 50.9 Å². The van der Waals surface area contributed by atoms with Gasteiger partial charge in [0.2, 0.25) is 11.8 Å². The van der Waals surface area contributed by atoms with E-state index in [0.29, 0.717) is 38.9 Å². The number of hydrogen-bond acceptors (Lipinski definition) is 7. The number of carbonyl (C=O) groups excluding carboxylic acids is 2. The van der Waals surface area contributed by atoms with E-state index in [1.807, 2.05) is 109 Å². The first-order valence-electron chi connectivity index (χ1n) is 20.3. The fourth-order valence-electron chi connectivity index (χ4n) is 7.74. The van der Waals surface area contributed by atoms with Crippen molar-refractivity contribution in [3.05, 3.63) is 143 Å². The number of ether oxygens (including phenoxy) is 2. The standard InChI is InChI=1S/C47H60N2O7Si/c1-47(2,3)57(4,5)56-38(26-36(54-30-32-16-8-6-9-17-32)28-43(52)48-45-39-22-14-12-20-34(39)24-41(45)50)27-37(55-31-33-18-10-7-11-19-33)29-44(53)49-46-40-23-15-13-21-35(40)25-42(46)51/h6-23,36-38,41-42,45-46,50-51H,24-31H2,1-5H3,(H,48,52)(H,49,53)/t36-,37-,41+,42+,45-,46-/m0/s1. The highest BCUT2D eigenvalue weighted by Gasteiger charge is 2.41. The van der Waals surface area contributed by atoms with Crippen LogP contribution in [-0.4, -0.2) is 60.9 Å². The zero-order chi connectivity index (χ0) is 40.6. The minimum Gasteiger partial charge on any atom is -0.414 e. The molecule has 2 amide bonds. The van der Waals surface area contributed by atoms with Crippen molar-refractivity contribution in [1.29, 1.82) is 0 Å². The van der Waals surface area contributed by atoms with Crippen LogP contribution in [0.5, 0.6) is 0 Å². The third-order valence-corrected chi connectivity index (χ3v) is 16.4. The monoisotopic (exact) mass is 792 g/mol. The topological polar surface area (TPSA) is 126 Å². The minimum atomic E-state index is -2.39. The Labute approximate surface area is 339 Å². The average molecular weight is 793 g/mol. The van der Waals surface area contributed by atoms with Crippen LogP contribution in [0.15, 0.2) is 109 Å². The third-order valence-electron chi connectivity index (χ3n) is 11.8. The lowest BCUT2D eigenvalue weighted by molar-refractivity contribution is -0.126. The van der Waals surface area contributed by atoms with Crippen LogP contribution in [0.1, 0.15) is 91.9 Å². The molecule has 0 spiro atoms. The number of rotatable bonds is 18. The van der Waals surface area contributed by atoms with Crippen molar-refractivity contribution in [3.63, 3.8) is 0 Å². The van der Waals surface area contributed by atoms with Crippen LogP contribution in [0.2, 0.25) is 18.1 Å². The molecule has 304 valence electrons. The van der Waals surface area contributed by atoms with Gasteiger partial charge in [0.15, 0.2) is 8.32 Å². The van der Waals surface area contributed by atoms with Gasteiger partial charge in [0.1, 0.15) is 0 Å². The van der Waals surface area contributed by atoms with Gasteiger partial charge in [0.05, 0.1) is 68.7 Å². The van der Waals surface area contributed by atoms with Crippen molar-refractivity contribution >= 4 is 20.1 Å². The summed E-state index contributed by atoms with van der Waals surface area (Å²) >= 11 is 0. The summed E-state index contributed by atoms with van der Waals surface area (Å²) in [5.41, 5.74) is 5.91. The second kappa shape index (κ2) is 19.1. The van der Waals surface area contributed by atoms with E-state index in [-0.39, 0.29) is 29.7 Å². The van der Waals surface area contributed by atoms with Crippen LogP contribution >= 0.6 is 0 Å². The van der Waals surface area contributed by atoms with E-state index in [4.69, 9.17) is 13.9 Å². The Balaban J connectivity index is 1.24. The van der Waals surface area contributed by atoms with Crippen molar-refractivity contribution in [1.82, 2.24) is 10.6 Å². The molecular formula is C47H60N2O7Si. The molecule has 0 heterocycles. The molecule has 9 nitrogen and oxygen atoms in total. The lowest BCUT2D eigenvalue weighted by Crippen LogP contribution is -2.46. The molecular weight excluding hydrogens is 733 g/mol. The number of benzene rings is 4. The van der Waals surface area contributed by atoms with Crippen molar-refractivity contribution in [3.8, 4) is 0 Å². The molecule has 4 aromatic rings. The summed E-state index contributed by atoms with van der Waals surface area (Å²) in [6.07, 6.45) is -1.04. The second-order valence-electron chi connectivity index (χ2n) is 17.2. The number of fused-ring (bicyclic) bond motifs is 2. The Morgan fingerprint density at radius 2 is 1.02 bits per heavy atom. The normalized spacial score (nSPS) is 20.1. The highest BCUT2D eigenvalue weighted by molar-refractivity contribution is 6.74. The van der Waals surface area contributed by atoms with Gasteiger partial charge in [0, 0.05) is 12.8 Å². The Morgan fingerprint density at radius 1 is 0.632 bits per heavy atom. The summed E-state index contributed by atoms with van der Waals surface area (Å²) < 4.78 is 20.3. The molecule has 4 aromatic carbocycles. The first-order chi connectivity index (χ1) is 27.3. The Kier molecular flexibility index (Phi) is 14.2. The van der Waals surface area contributed by atoms with E-state index in [1.165, 1.54) is 0 Å².